The van der Waals surface area contributed by atoms with Gasteiger partial charge < -0.3 is 9.64 Å². The lowest BCUT2D eigenvalue weighted by atomic mass is 10.2. The van der Waals surface area contributed by atoms with Gasteiger partial charge in [0.2, 0.25) is 11.8 Å². The fraction of sp³-hybridized carbons (Fsp3) is 0.769. The second kappa shape index (κ2) is 5.40. The molecule has 20 heavy (non-hydrogen) atoms. The number of amides is 3. The van der Waals surface area contributed by atoms with Crippen LogP contribution in [0.4, 0.5) is 4.79 Å². The summed E-state index contributed by atoms with van der Waals surface area (Å²) in [5.74, 6) is -0.449. The van der Waals surface area contributed by atoms with Crippen molar-refractivity contribution >= 4 is 17.9 Å². The summed E-state index contributed by atoms with van der Waals surface area (Å²) in [6, 6.07) is -0.232. The third kappa shape index (κ3) is 3.27. The molecule has 0 aliphatic carbocycles. The number of rotatable bonds is 1. The third-order valence-corrected chi connectivity index (χ3v) is 3.27. The van der Waals surface area contributed by atoms with Crippen LogP contribution in [0.15, 0.2) is 0 Å². The Kier molecular flexibility index (Phi) is 3.99. The van der Waals surface area contributed by atoms with E-state index in [9.17, 15) is 14.4 Å². The monoisotopic (exact) mass is 283 g/mol. The topological polar surface area (TPSA) is 79.0 Å². The van der Waals surface area contributed by atoms with Gasteiger partial charge in [-0.25, -0.2) is 4.79 Å². The fourth-order valence-corrected chi connectivity index (χ4v) is 2.44. The summed E-state index contributed by atoms with van der Waals surface area (Å²) < 4.78 is 5.30. The zero-order chi connectivity index (χ0) is 14.9. The number of hydrogen-bond donors (Lipinski definition) is 1. The maximum Gasteiger partial charge on any atom is 0.410 e. The number of nitrogens with one attached hydrogen (secondary N) is 1. The zero-order valence-corrected chi connectivity index (χ0v) is 12.1. The van der Waals surface area contributed by atoms with Gasteiger partial charge in [-0.3, -0.25) is 19.8 Å². The Balaban J connectivity index is 1.96. The van der Waals surface area contributed by atoms with Crippen molar-refractivity contribution in [1.82, 2.24) is 15.1 Å². The van der Waals surface area contributed by atoms with E-state index in [-0.39, 0.29) is 30.9 Å². The first-order chi connectivity index (χ1) is 9.28. The van der Waals surface area contributed by atoms with Crippen molar-refractivity contribution < 1.29 is 19.1 Å². The minimum atomic E-state index is -0.546. The Morgan fingerprint density at radius 1 is 1.25 bits per heavy atom. The highest BCUT2D eigenvalue weighted by Gasteiger charge is 2.38. The predicted molar refractivity (Wildman–Crippen MR) is 70.9 cm³/mol. The summed E-state index contributed by atoms with van der Waals surface area (Å²) in [7, 11) is 0. The first kappa shape index (κ1) is 14.8. The van der Waals surface area contributed by atoms with Crippen LogP contribution in [0.3, 0.4) is 0 Å². The SMILES string of the molecule is CC(C)(C)OC(=O)N1CCC(N2C(=O)CNCC2=O)C1. The van der Waals surface area contributed by atoms with Crippen molar-refractivity contribution in [2.24, 2.45) is 0 Å². The standard InChI is InChI=1S/C13H21N3O4/c1-13(2,3)20-12(19)15-5-4-9(8-15)16-10(17)6-14-7-11(16)18/h9,14H,4-8H2,1-3H3. The van der Waals surface area contributed by atoms with Gasteiger partial charge in [0.25, 0.3) is 0 Å². The zero-order valence-electron chi connectivity index (χ0n) is 12.1. The van der Waals surface area contributed by atoms with Gasteiger partial charge in [0.05, 0.1) is 19.1 Å². The van der Waals surface area contributed by atoms with Gasteiger partial charge in [0, 0.05) is 13.1 Å². The van der Waals surface area contributed by atoms with E-state index in [0.29, 0.717) is 19.5 Å². The molecule has 0 aromatic heterocycles. The first-order valence-electron chi connectivity index (χ1n) is 6.81. The first-order valence-corrected chi connectivity index (χ1v) is 6.81. The van der Waals surface area contributed by atoms with Crippen molar-refractivity contribution in [1.29, 1.82) is 0 Å². The van der Waals surface area contributed by atoms with Crippen molar-refractivity contribution in [3.05, 3.63) is 0 Å². The molecule has 0 bridgehead atoms. The van der Waals surface area contributed by atoms with E-state index in [1.165, 1.54) is 4.90 Å². The molecule has 0 aromatic carbocycles. The van der Waals surface area contributed by atoms with Crippen LogP contribution >= 0.6 is 0 Å². The molecule has 0 radical (unpaired) electrons. The maximum atomic E-state index is 12.0. The smallest absolute Gasteiger partial charge is 0.410 e. The molecule has 2 fully saturated rings. The lowest BCUT2D eigenvalue weighted by Crippen LogP contribution is -2.56. The Labute approximate surface area is 118 Å². The highest BCUT2D eigenvalue weighted by Crippen LogP contribution is 2.20. The average molecular weight is 283 g/mol. The normalized spacial score (nSPS) is 24.2. The maximum absolute atomic E-state index is 12.0. The highest BCUT2D eigenvalue weighted by atomic mass is 16.6. The average Bonchev–Trinajstić information content (AvgIpc) is 2.76. The van der Waals surface area contributed by atoms with E-state index in [1.807, 2.05) is 20.8 Å². The molecule has 2 saturated heterocycles. The molecule has 112 valence electrons. The van der Waals surface area contributed by atoms with Crippen LogP contribution in [0.1, 0.15) is 27.2 Å². The van der Waals surface area contributed by atoms with Crippen LogP contribution in [-0.2, 0) is 14.3 Å². The summed E-state index contributed by atoms with van der Waals surface area (Å²) >= 11 is 0. The Morgan fingerprint density at radius 2 is 1.85 bits per heavy atom. The molecule has 0 saturated carbocycles. The number of nitrogens with zero attached hydrogens (tertiary/aromatic N) is 2. The van der Waals surface area contributed by atoms with Crippen LogP contribution in [0.25, 0.3) is 0 Å². The van der Waals surface area contributed by atoms with E-state index >= 15 is 0 Å². The summed E-state index contributed by atoms with van der Waals surface area (Å²) in [6.45, 7) is 6.63. The molecule has 1 atom stereocenters. The largest absolute Gasteiger partial charge is 0.444 e. The summed E-state index contributed by atoms with van der Waals surface area (Å²) in [4.78, 5) is 38.4. The van der Waals surface area contributed by atoms with Gasteiger partial charge in [0.1, 0.15) is 5.60 Å². The van der Waals surface area contributed by atoms with E-state index in [1.54, 1.807) is 4.90 Å². The van der Waals surface area contributed by atoms with Crippen LogP contribution in [-0.4, -0.2) is 65.5 Å². The molecule has 2 aliphatic rings. The van der Waals surface area contributed by atoms with E-state index < -0.39 is 11.7 Å². The van der Waals surface area contributed by atoms with Gasteiger partial charge in [-0.15, -0.1) is 0 Å². The minimum Gasteiger partial charge on any atom is -0.444 e. The Bertz CT molecular complexity index is 414. The third-order valence-electron chi connectivity index (χ3n) is 3.27. The van der Waals surface area contributed by atoms with E-state index in [4.69, 9.17) is 4.74 Å². The van der Waals surface area contributed by atoms with Gasteiger partial charge in [0.15, 0.2) is 0 Å². The van der Waals surface area contributed by atoms with Crippen LogP contribution in [0.5, 0.6) is 0 Å². The molecule has 2 aliphatic heterocycles. The van der Waals surface area contributed by atoms with Gasteiger partial charge >= 0.3 is 6.09 Å². The predicted octanol–water partition coefficient (Wildman–Crippen LogP) is -0.0458. The molecule has 1 N–H and O–H groups in total. The number of hydrogen-bond acceptors (Lipinski definition) is 5. The van der Waals surface area contributed by atoms with E-state index in [2.05, 4.69) is 5.32 Å². The van der Waals surface area contributed by atoms with E-state index in [0.717, 1.165) is 0 Å². The quantitative estimate of drug-likeness (QED) is 0.683. The van der Waals surface area contributed by atoms with Crippen LogP contribution in [0, 0.1) is 0 Å². The molecule has 3 amide bonds. The molecule has 0 aromatic rings. The second-order valence-corrected chi connectivity index (χ2v) is 6.13. The summed E-state index contributed by atoms with van der Waals surface area (Å²) in [6.07, 6.45) is 0.214. The lowest BCUT2D eigenvalue weighted by Gasteiger charge is -2.31. The Hall–Kier alpha value is -1.63. The molecule has 0 spiro atoms. The van der Waals surface area contributed by atoms with Gasteiger partial charge in [-0.2, -0.15) is 0 Å². The summed E-state index contributed by atoms with van der Waals surface area (Å²) in [5, 5.41) is 2.76. The van der Waals surface area contributed by atoms with Crippen LogP contribution < -0.4 is 5.32 Å². The number of piperazine rings is 1. The molecular formula is C13H21N3O4. The van der Waals surface area contributed by atoms with Crippen molar-refractivity contribution in [2.45, 2.75) is 38.8 Å². The van der Waals surface area contributed by atoms with Gasteiger partial charge in [-0.1, -0.05) is 0 Å². The number of carbonyl (C=O) groups is 3. The highest BCUT2D eigenvalue weighted by molar-refractivity contribution is 5.99. The Morgan fingerprint density at radius 3 is 2.40 bits per heavy atom. The summed E-state index contributed by atoms with van der Waals surface area (Å²) in [5.41, 5.74) is -0.546. The molecular weight excluding hydrogens is 262 g/mol. The molecule has 7 heteroatoms. The second-order valence-electron chi connectivity index (χ2n) is 6.13. The number of ether oxygens (including phenoxy) is 1. The lowest BCUT2D eigenvalue weighted by molar-refractivity contribution is -0.149. The number of carbonyl (C=O) groups excluding carboxylic acids is 3. The minimum absolute atomic E-state index is 0.175. The van der Waals surface area contributed by atoms with Crippen molar-refractivity contribution in [2.75, 3.05) is 26.2 Å². The van der Waals surface area contributed by atoms with Crippen LogP contribution in [0.2, 0.25) is 0 Å². The molecule has 2 rings (SSSR count). The molecule has 7 nitrogen and oxygen atoms in total. The van der Waals surface area contributed by atoms with Gasteiger partial charge in [-0.05, 0) is 27.2 Å². The molecule has 2 heterocycles. The van der Waals surface area contributed by atoms with Crippen molar-refractivity contribution in [3.63, 3.8) is 0 Å². The van der Waals surface area contributed by atoms with Crippen molar-refractivity contribution in [3.8, 4) is 0 Å². The molecule has 1 unspecified atom stereocenters. The number of imide groups is 1. The fourth-order valence-electron chi connectivity index (χ4n) is 2.44. The number of likely N-dealkylation sites (tertiary alicyclic amines) is 1.